The first-order valence-electron chi connectivity index (χ1n) is 7.99. The zero-order valence-electron chi connectivity index (χ0n) is 14.5. The van der Waals surface area contributed by atoms with Crippen molar-refractivity contribution in [3.8, 4) is 0 Å². The lowest BCUT2D eigenvalue weighted by molar-refractivity contribution is -0.137. The molecule has 0 aliphatic heterocycles. The number of ether oxygens (including phenoxy) is 2. The topological polar surface area (TPSA) is 52.6 Å². The fourth-order valence-corrected chi connectivity index (χ4v) is 6.55. The Balaban J connectivity index is 2.29. The summed E-state index contributed by atoms with van der Waals surface area (Å²) in [6.45, 7) is 10.6. The Morgan fingerprint density at radius 3 is 2.55 bits per heavy atom. The van der Waals surface area contributed by atoms with Gasteiger partial charge in [-0.05, 0) is 38.0 Å². The molecule has 0 spiro atoms. The minimum absolute atomic E-state index is 0.0346. The number of methoxy groups -OCH3 is 1. The predicted octanol–water partition coefficient (Wildman–Crippen LogP) is 3.04. The molecule has 22 heavy (non-hydrogen) atoms. The maximum atomic E-state index is 13.0. The van der Waals surface area contributed by atoms with Crippen molar-refractivity contribution in [3.05, 3.63) is 11.0 Å². The molecule has 2 rings (SSSR count). The Morgan fingerprint density at radius 2 is 2.00 bits per heavy atom. The van der Waals surface area contributed by atoms with E-state index in [1.807, 2.05) is 0 Å². The standard InChI is InChI=1S/C17H28O4S/c1-7-21-13(18)10-11(2)22(19)14-12-8-9-17(5,15(14)20-6)16(12,3)4/h10,12,14-15H,7-9H2,1-6H3/b11-10+/t12?,14-,15-,17+,22?/m1/s1. The predicted molar refractivity (Wildman–Crippen MR) is 87.7 cm³/mol. The Labute approximate surface area is 136 Å². The molecular weight excluding hydrogens is 300 g/mol. The molecule has 4 nitrogen and oxygen atoms in total. The van der Waals surface area contributed by atoms with E-state index in [9.17, 15) is 9.00 Å². The van der Waals surface area contributed by atoms with Crippen molar-refractivity contribution in [2.45, 2.75) is 58.8 Å². The van der Waals surface area contributed by atoms with Crippen LogP contribution in [0.1, 0.15) is 47.5 Å². The number of allylic oxidation sites excluding steroid dienone is 1. The van der Waals surface area contributed by atoms with E-state index in [1.54, 1.807) is 21.0 Å². The van der Waals surface area contributed by atoms with E-state index >= 15 is 0 Å². The summed E-state index contributed by atoms with van der Waals surface area (Å²) in [5.74, 6) is -0.0650. The zero-order chi connectivity index (χ0) is 16.7. The van der Waals surface area contributed by atoms with Crippen molar-refractivity contribution in [3.63, 3.8) is 0 Å². The summed E-state index contributed by atoms with van der Waals surface area (Å²) >= 11 is 0. The van der Waals surface area contributed by atoms with Gasteiger partial charge in [-0.3, -0.25) is 4.21 Å². The summed E-state index contributed by atoms with van der Waals surface area (Å²) < 4.78 is 23.7. The molecule has 0 radical (unpaired) electrons. The molecule has 2 aliphatic rings. The van der Waals surface area contributed by atoms with Crippen LogP contribution in [0.25, 0.3) is 0 Å². The Bertz CT molecular complexity index is 511. The number of carbonyl (C=O) groups is 1. The maximum Gasteiger partial charge on any atom is 0.331 e. The number of fused-ring (bicyclic) bond motifs is 2. The lowest BCUT2D eigenvalue weighted by atomic mass is 9.70. The average molecular weight is 328 g/mol. The summed E-state index contributed by atoms with van der Waals surface area (Å²) in [5.41, 5.74) is 0.134. The van der Waals surface area contributed by atoms with Crippen LogP contribution in [0.3, 0.4) is 0 Å². The second-order valence-corrected chi connectivity index (χ2v) is 8.99. The third-order valence-electron chi connectivity index (χ3n) is 6.12. The fourth-order valence-electron chi connectivity index (χ4n) is 4.50. The summed E-state index contributed by atoms with van der Waals surface area (Å²) in [6, 6.07) is 0. The van der Waals surface area contributed by atoms with E-state index in [-0.39, 0.29) is 22.2 Å². The van der Waals surface area contributed by atoms with Gasteiger partial charge in [0.2, 0.25) is 0 Å². The highest BCUT2D eigenvalue weighted by Crippen LogP contribution is 2.67. The van der Waals surface area contributed by atoms with Crippen LogP contribution in [-0.4, -0.2) is 35.2 Å². The molecule has 0 aromatic rings. The van der Waals surface area contributed by atoms with E-state index in [0.717, 1.165) is 12.8 Å². The quantitative estimate of drug-likeness (QED) is 0.575. The second-order valence-electron chi connectivity index (χ2n) is 7.21. The van der Waals surface area contributed by atoms with Crippen LogP contribution in [0, 0.1) is 16.7 Å². The molecule has 2 unspecified atom stereocenters. The highest BCUT2D eigenvalue weighted by molar-refractivity contribution is 7.89. The molecule has 0 aromatic heterocycles. The molecule has 0 saturated heterocycles. The summed E-state index contributed by atoms with van der Waals surface area (Å²) in [6.07, 6.45) is 3.52. The SMILES string of the molecule is CCOC(=O)/C=C(\C)S(=O)[C@@H]1C2CC[C@@](C)([C@@H]1OC)C2(C)C. The molecule has 2 bridgehead atoms. The van der Waals surface area contributed by atoms with Crippen LogP contribution < -0.4 is 0 Å². The molecule has 126 valence electrons. The number of hydrogen-bond acceptors (Lipinski definition) is 4. The van der Waals surface area contributed by atoms with Gasteiger partial charge in [-0.2, -0.15) is 0 Å². The van der Waals surface area contributed by atoms with Gasteiger partial charge in [0, 0.05) is 23.5 Å². The van der Waals surface area contributed by atoms with E-state index < -0.39 is 16.8 Å². The molecule has 2 aliphatic carbocycles. The molecule has 5 atom stereocenters. The molecule has 5 heteroatoms. The van der Waals surface area contributed by atoms with Crippen molar-refractivity contribution in [2.24, 2.45) is 16.7 Å². The third-order valence-corrected chi connectivity index (χ3v) is 7.95. The first-order valence-corrected chi connectivity index (χ1v) is 9.20. The van der Waals surface area contributed by atoms with E-state index in [4.69, 9.17) is 9.47 Å². The summed E-state index contributed by atoms with van der Waals surface area (Å²) in [4.78, 5) is 12.2. The molecule has 2 fully saturated rings. The summed E-state index contributed by atoms with van der Waals surface area (Å²) in [5, 5.41) is -0.0515. The molecular formula is C17H28O4S. The number of rotatable bonds is 5. The van der Waals surface area contributed by atoms with Crippen molar-refractivity contribution in [1.82, 2.24) is 0 Å². The van der Waals surface area contributed by atoms with Gasteiger partial charge in [-0.1, -0.05) is 20.8 Å². The Hall–Kier alpha value is -0.680. The lowest BCUT2D eigenvalue weighted by Gasteiger charge is -2.39. The van der Waals surface area contributed by atoms with Crippen LogP contribution in [0.15, 0.2) is 11.0 Å². The first kappa shape index (κ1) is 17.7. The number of hydrogen-bond donors (Lipinski definition) is 0. The minimum atomic E-state index is -1.23. The van der Waals surface area contributed by atoms with Gasteiger partial charge < -0.3 is 9.47 Å². The van der Waals surface area contributed by atoms with Crippen LogP contribution in [0.2, 0.25) is 0 Å². The van der Waals surface area contributed by atoms with Crippen LogP contribution in [0.5, 0.6) is 0 Å². The van der Waals surface area contributed by atoms with Gasteiger partial charge >= 0.3 is 5.97 Å². The van der Waals surface area contributed by atoms with Gasteiger partial charge in [0.15, 0.2) is 0 Å². The molecule has 2 saturated carbocycles. The zero-order valence-corrected chi connectivity index (χ0v) is 15.3. The normalized spacial score (nSPS) is 38.1. The maximum absolute atomic E-state index is 13.0. The van der Waals surface area contributed by atoms with E-state index in [0.29, 0.717) is 17.4 Å². The van der Waals surface area contributed by atoms with Gasteiger partial charge in [0.05, 0.1) is 28.8 Å². The van der Waals surface area contributed by atoms with Crippen molar-refractivity contribution >= 4 is 16.8 Å². The monoisotopic (exact) mass is 328 g/mol. The van der Waals surface area contributed by atoms with Gasteiger partial charge in [0.25, 0.3) is 0 Å². The van der Waals surface area contributed by atoms with E-state index in [2.05, 4.69) is 20.8 Å². The molecule has 0 aromatic carbocycles. The number of esters is 1. The van der Waals surface area contributed by atoms with Crippen molar-refractivity contribution in [1.29, 1.82) is 0 Å². The van der Waals surface area contributed by atoms with Crippen LogP contribution in [0.4, 0.5) is 0 Å². The second kappa shape index (κ2) is 6.08. The molecule has 0 amide bonds. The van der Waals surface area contributed by atoms with E-state index in [1.165, 1.54) is 6.08 Å². The van der Waals surface area contributed by atoms with Crippen LogP contribution in [-0.2, 0) is 25.1 Å². The average Bonchev–Trinajstić information content (AvgIpc) is 2.76. The highest BCUT2D eigenvalue weighted by Gasteiger charge is 2.68. The Kier molecular flexibility index (Phi) is 4.88. The minimum Gasteiger partial charge on any atom is -0.463 e. The van der Waals surface area contributed by atoms with Crippen molar-refractivity contribution in [2.75, 3.05) is 13.7 Å². The van der Waals surface area contributed by atoms with Crippen LogP contribution >= 0.6 is 0 Å². The fraction of sp³-hybridized carbons (Fsp3) is 0.824. The van der Waals surface area contributed by atoms with Gasteiger partial charge in [-0.25, -0.2) is 4.79 Å². The van der Waals surface area contributed by atoms with Gasteiger partial charge in [-0.15, -0.1) is 0 Å². The Morgan fingerprint density at radius 1 is 1.36 bits per heavy atom. The van der Waals surface area contributed by atoms with Gasteiger partial charge in [0.1, 0.15) is 0 Å². The first-order chi connectivity index (χ1) is 10.2. The summed E-state index contributed by atoms with van der Waals surface area (Å²) in [7, 11) is 0.479. The molecule has 0 heterocycles. The van der Waals surface area contributed by atoms with Crippen molar-refractivity contribution < 1.29 is 18.5 Å². The highest BCUT2D eigenvalue weighted by atomic mass is 32.2. The largest absolute Gasteiger partial charge is 0.463 e. The smallest absolute Gasteiger partial charge is 0.331 e. The number of carbonyl (C=O) groups excluding carboxylic acids is 1. The third kappa shape index (κ3) is 2.46. The molecule has 0 N–H and O–H groups in total. The lowest BCUT2D eigenvalue weighted by Crippen LogP contribution is -2.43.